The van der Waals surface area contributed by atoms with Crippen LogP contribution in [0.4, 0.5) is 0 Å². The number of hydrogen-bond donors (Lipinski definition) is 3. The molecule has 30 heavy (non-hydrogen) atoms. The first kappa shape index (κ1) is 22.8. The molecule has 0 saturated heterocycles. The third kappa shape index (κ3) is 3.82. The predicted octanol–water partition coefficient (Wildman–Crippen LogP) is 5.47. The topological polar surface area (TPSA) is 60.7 Å². The Labute approximate surface area is 184 Å². The van der Waals surface area contributed by atoms with Gasteiger partial charge in [0.2, 0.25) is 0 Å². The Morgan fingerprint density at radius 2 is 1.80 bits per heavy atom. The molecule has 3 nitrogen and oxygen atoms in total. The van der Waals surface area contributed by atoms with Crippen LogP contribution in [0.1, 0.15) is 98.8 Å². The summed E-state index contributed by atoms with van der Waals surface area (Å²) in [6, 6.07) is 0. The maximum absolute atomic E-state index is 11.3. The van der Waals surface area contributed by atoms with Crippen LogP contribution in [0.3, 0.4) is 0 Å². The lowest BCUT2D eigenvalue weighted by atomic mass is 9.46. The van der Waals surface area contributed by atoms with Crippen LogP contribution in [0.5, 0.6) is 0 Å². The highest BCUT2D eigenvalue weighted by molar-refractivity contribution is 5.27. The second-order valence-electron chi connectivity index (χ2n) is 12.7. The van der Waals surface area contributed by atoms with Crippen molar-refractivity contribution in [1.29, 1.82) is 0 Å². The summed E-state index contributed by atoms with van der Waals surface area (Å²) < 4.78 is 0. The predicted molar refractivity (Wildman–Crippen MR) is 122 cm³/mol. The molecule has 0 aromatic rings. The van der Waals surface area contributed by atoms with Crippen LogP contribution in [-0.2, 0) is 0 Å². The van der Waals surface area contributed by atoms with Crippen LogP contribution < -0.4 is 0 Å². The van der Waals surface area contributed by atoms with Gasteiger partial charge in [0.15, 0.2) is 0 Å². The van der Waals surface area contributed by atoms with Crippen molar-refractivity contribution in [3.8, 4) is 0 Å². The lowest BCUT2D eigenvalue weighted by Crippen LogP contribution is -2.54. The van der Waals surface area contributed by atoms with E-state index in [0.717, 1.165) is 38.0 Å². The van der Waals surface area contributed by atoms with E-state index in [1.54, 1.807) is 0 Å². The molecule has 4 rings (SSSR count). The fourth-order valence-electron chi connectivity index (χ4n) is 8.66. The molecule has 0 amide bonds. The highest BCUT2D eigenvalue weighted by atomic mass is 16.3. The Morgan fingerprint density at radius 1 is 1.07 bits per heavy atom. The number of hydrogen-bond acceptors (Lipinski definition) is 3. The molecule has 172 valence electrons. The monoisotopic (exact) mass is 418 g/mol. The van der Waals surface area contributed by atoms with Gasteiger partial charge in [0.25, 0.3) is 0 Å². The Hall–Kier alpha value is -0.380. The molecule has 3 heteroatoms. The van der Waals surface area contributed by atoms with E-state index in [1.807, 2.05) is 13.8 Å². The van der Waals surface area contributed by atoms with Gasteiger partial charge in [0.1, 0.15) is 0 Å². The third-order valence-corrected chi connectivity index (χ3v) is 10.3. The molecular formula is C27H46O3. The van der Waals surface area contributed by atoms with E-state index in [1.165, 1.54) is 37.7 Å². The lowest BCUT2D eigenvalue weighted by Gasteiger charge is -2.59. The zero-order chi connectivity index (χ0) is 21.9. The maximum atomic E-state index is 11.3. The standard InChI is InChI=1S/C27H46O3/c1-17(7-6-12-25(2,3)30)20-8-9-21-24-22(11-14-27(20,21)5)26(4)13-10-19(28)15-18(26)16-23(24)29/h16-17,19-24,28-30H,6-15H2,1-5H3/t17?,19-,20+,21-,22-,23+,24-,26-,27+/m0/s1. The average Bonchev–Trinajstić information content (AvgIpc) is 2.99. The molecule has 0 radical (unpaired) electrons. The molecule has 0 aliphatic heterocycles. The van der Waals surface area contributed by atoms with Gasteiger partial charge in [-0.1, -0.05) is 45.3 Å². The first-order valence-corrected chi connectivity index (χ1v) is 12.8. The number of aliphatic hydroxyl groups is 3. The fraction of sp³-hybridized carbons (Fsp3) is 0.926. The zero-order valence-corrected chi connectivity index (χ0v) is 20.0. The van der Waals surface area contributed by atoms with E-state index < -0.39 is 5.60 Å². The largest absolute Gasteiger partial charge is 0.393 e. The summed E-state index contributed by atoms with van der Waals surface area (Å²) in [6.07, 6.45) is 12.6. The minimum atomic E-state index is -0.556. The van der Waals surface area contributed by atoms with E-state index in [4.69, 9.17) is 0 Å². The van der Waals surface area contributed by atoms with Gasteiger partial charge in [-0.2, -0.15) is 0 Å². The van der Waals surface area contributed by atoms with Crippen LogP contribution in [0.2, 0.25) is 0 Å². The van der Waals surface area contributed by atoms with E-state index in [9.17, 15) is 15.3 Å². The van der Waals surface area contributed by atoms with E-state index >= 15 is 0 Å². The summed E-state index contributed by atoms with van der Waals surface area (Å²) in [5.74, 6) is 3.01. The molecule has 3 N–H and O–H groups in total. The van der Waals surface area contributed by atoms with Gasteiger partial charge >= 0.3 is 0 Å². The van der Waals surface area contributed by atoms with Crippen LogP contribution in [0.25, 0.3) is 0 Å². The minimum absolute atomic E-state index is 0.181. The quantitative estimate of drug-likeness (QED) is 0.519. The first-order chi connectivity index (χ1) is 14.0. The molecule has 4 aliphatic rings. The van der Waals surface area contributed by atoms with Crippen molar-refractivity contribution in [3.63, 3.8) is 0 Å². The SMILES string of the molecule is CC(CCCC(C)(C)O)[C@H]1CC[C@H]2[C@@H]3[C@H](O)C=C4C[C@@H](O)CC[C@]4(C)[C@H]3CC[C@]12C. The summed E-state index contributed by atoms with van der Waals surface area (Å²) in [6.45, 7) is 11.2. The first-order valence-electron chi connectivity index (χ1n) is 12.8. The van der Waals surface area contributed by atoms with Crippen molar-refractivity contribution >= 4 is 0 Å². The van der Waals surface area contributed by atoms with Crippen molar-refractivity contribution in [2.24, 2.45) is 40.4 Å². The van der Waals surface area contributed by atoms with Gasteiger partial charge in [0, 0.05) is 0 Å². The van der Waals surface area contributed by atoms with Gasteiger partial charge in [0.05, 0.1) is 17.8 Å². The van der Waals surface area contributed by atoms with Crippen molar-refractivity contribution in [2.75, 3.05) is 0 Å². The van der Waals surface area contributed by atoms with Crippen molar-refractivity contribution in [1.82, 2.24) is 0 Å². The molecular weight excluding hydrogens is 372 g/mol. The number of rotatable bonds is 5. The second kappa shape index (κ2) is 7.89. The Balaban J connectivity index is 1.52. The van der Waals surface area contributed by atoms with Crippen molar-refractivity contribution < 1.29 is 15.3 Å². The second-order valence-corrected chi connectivity index (χ2v) is 12.7. The number of fused-ring (bicyclic) bond motifs is 5. The van der Waals surface area contributed by atoms with E-state index in [2.05, 4.69) is 26.8 Å². The normalized spacial score (nSPS) is 47.1. The van der Waals surface area contributed by atoms with Crippen LogP contribution in [-0.4, -0.2) is 33.1 Å². The molecule has 0 aromatic carbocycles. The third-order valence-electron chi connectivity index (χ3n) is 10.3. The Bertz CT molecular complexity index is 664. The van der Waals surface area contributed by atoms with Crippen molar-refractivity contribution in [3.05, 3.63) is 11.6 Å². The fourth-order valence-corrected chi connectivity index (χ4v) is 8.66. The summed E-state index contributed by atoms with van der Waals surface area (Å²) in [7, 11) is 0. The van der Waals surface area contributed by atoms with Gasteiger partial charge in [-0.15, -0.1) is 0 Å². The maximum Gasteiger partial charge on any atom is 0.0757 e. The van der Waals surface area contributed by atoms with E-state index in [-0.39, 0.29) is 17.6 Å². The van der Waals surface area contributed by atoms with Gasteiger partial charge in [-0.3, -0.25) is 0 Å². The number of aliphatic hydroxyl groups excluding tert-OH is 2. The van der Waals surface area contributed by atoms with Crippen molar-refractivity contribution in [2.45, 2.75) is 117 Å². The lowest BCUT2D eigenvalue weighted by molar-refractivity contribution is -0.0971. The van der Waals surface area contributed by atoms with Gasteiger partial charge in [-0.05, 0) is 106 Å². The molecule has 9 atom stereocenters. The summed E-state index contributed by atoms with van der Waals surface area (Å²) in [4.78, 5) is 0. The van der Waals surface area contributed by atoms with E-state index in [0.29, 0.717) is 29.1 Å². The summed E-state index contributed by atoms with van der Waals surface area (Å²) in [5.41, 5.74) is 1.31. The molecule has 3 saturated carbocycles. The highest BCUT2D eigenvalue weighted by Crippen LogP contribution is 2.67. The van der Waals surface area contributed by atoms with Crippen LogP contribution in [0, 0.1) is 40.4 Å². The Kier molecular flexibility index (Phi) is 5.99. The molecule has 3 fully saturated rings. The highest BCUT2D eigenvalue weighted by Gasteiger charge is 2.61. The summed E-state index contributed by atoms with van der Waals surface area (Å²) >= 11 is 0. The summed E-state index contributed by atoms with van der Waals surface area (Å²) in [5, 5.41) is 31.6. The zero-order valence-electron chi connectivity index (χ0n) is 20.0. The average molecular weight is 419 g/mol. The molecule has 0 aromatic heterocycles. The molecule has 0 bridgehead atoms. The van der Waals surface area contributed by atoms with Gasteiger partial charge < -0.3 is 15.3 Å². The molecule has 0 heterocycles. The van der Waals surface area contributed by atoms with Crippen LogP contribution >= 0.6 is 0 Å². The minimum Gasteiger partial charge on any atom is -0.393 e. The van der Waals surface area contributed by atoms with Gasteiger partial charge in [-0.25, -0.2) is 0 Å². The molecule has 1 unspecified atom stereocenters. The molecule has 4 aliphatic carbocycles. The van der Waals surface area contributed by atoms with Crippen LogP contribution in [0.15, 0.2) is 11.6 Å². The smallest absolute Gasteiger partial charge is 0.0757 e. The Morgan fingerprint density at radius 3 is 2.50 bits per heavy atom. The molecule has 0 spiro atoms.